The molecule has 1 N–H and O–H groups in total. The Morgan fingerprint density at radius 3 is 2.55 bits per heavy atom. The Kier molecular flexibility index (Phi) is 3.92. The summed E-state index contributed by atoms with van der Waals surface area (Å²) >= 11 is 0. The van der Waals surface area contributed by atoms with Crippen LogP contribution in [-0.4, -0.2) is 36.6 Å². The fourth-order valence-corrected chi connectivity index (χ4v) is 3.13. The van der Waals surface area contributed by atoms with Gasteiger partial charge in [-0.1, -0.05) is 13.8 Å². The molecule has 0 radical (unpaired) electrons. The molecule has 0 aliphatic carbocycles. The zero-order valence-corrected chi connectivity index (χ0v) is 12.8. The summed E-state index contributed by atoms with van der Waals surface area (Å²) in [5, 5.41) is 2.63. The quantitative estimate of drug-likeness (QED) is 0.804. The van der Waals surface area contributed by atoms with E-state index in [9.17, 15) is 9.59 Å². The molecule has 0 spiro atoms. The average molecular weight is 304 g/mol. The fraction of sp³-hybridized carbons (Fsp3) is 0.500. The summed E-state index contributed by atoms with van der Waals surface area (Å²) in [6.07, 6.45) is 1.09. The molecule has 6 heteroatoms. The number of rotatable bonds is 1. The van der Waals surface area contributed by atoms with Crippen molar-refractivity contribution in [1.82, 2.24) is 4.90 Å². The number of ether oxygens (including phenoxy) is 2. The molecule has 3 rings (SSSR count). The lowest BCUT2D eigenvalue weighted by Crippen LogP contribution is -2.47. The Morgan fingerprint density at radius 1 is 1.14 bits per heavy atom. The van der Waals surface area contributed by atoms with E-state index in [0.717, 1.165) is 6.42 Å². The molecule has 1 saturated heterocycles. The highest BCUT2D eigenvalue weighted by molar-refractivity contribution is 6.39. The summed E-state index contributed by atoms with van der Waals surface area (Å²) in [6.45, 7) is 5.65. The Morgan fingerprint density at radius 2 is 1.82 bits per heavy atom. The number of amides is 2. The minimum absolute atomic E-state index is 0.176. The molecule has 0 bridgehead atoms. The second-order valence-electron chi connectivity index (χ2n) is 6.18. The predicted molar refractivity (Wildman–Crippen MR) is 80.7 cm³/mol. The van der Waals surface area contributed by atoms with Crippen LogP contribution in [0.15, 0.2) is 18.2 Å². The van der Waals surface area contributed by atoms with Gasteiger partial charge in [-0.25, -0.2) is 0 Å². The number of fused-ring (bicyclic) bond motifs is 1. The van der Waals surface area contributed by atoms with Crippen LogP contribution in [0, 0.1) is 11.8 Å². The van der Waals surface area contributed by atoms with E-state index in [-0.39, 0.29) is 6.79 Å². The van der Waals surface area contributed by atoms with Gasteiger partial charge in [-0.2, -0.15) is 0 Å². The molecule has 1 aromatic rings. The molecule has 2 atom stereocenters. The highest BCUT2D eigenvalue weighted by atomic mass is 16.7. The van der Waals surface area contributed by atoms with Gasteiger partial charge in [0, 0.05) is 24.8 Å². The van der Waals surface area contributed by atoms with Gasteiger partial charge in [-0.3, -0.25) is 9.59 Å². The molecule has 2 heterocycles. The van der Waals surface area contributed by atoms with Crippen LogP contribution >= 0.6 is 0 Å². The lowest BCUT2D eigenvalue weighted by molar-refractivity contribution is -0.144. The predicted octanol–water partition coefficient (Wildman–Crippen LogP) is 1.86. The van der Waals surface area contributed by atoms with Crippen molar-refractivity contribution in [3.63, 3.8) is 0 Å². The Bertz CT molecular complexity index is 592. The van der Waals surface area contributed by atoms with Crippen molar-refractivity contribution >= 4 is 17.5 Å². The van der Waals surface area contributed by atoms with E-state index < -0.39 is 11.8 Å². The lowest BCUT2D eigenvalue weighted by atomic mass is 9.92. The lowest BCUT2D eigenvalue weighted by Gasteiger charge is -2.34. The van der Waals surface area contributed by atoms with Gasteiger partial charge in [0.15, 0.2) is 11.5 Å². The smallest absolute Gasteiger partial charge is 0.313 e. The van der Waals surface area contributed by atoms with Crippen LogP contribution in [0.3, 0.4) is 0 Å². The van der Waals surface area contributed by atoms with E-state index in [1.54, 1.807) is 23.1 Å². The Balaban J connectivity index is 1.65. The van der Waals surface area contributed by atoms with E-state index in [1.165, 1.54) is 0 Å². The first-order valence-corrected chi connectivity index (χ1v) is 7.53. The van der Waals surface area contributed by atoms with Crippen LogP contribution in [-0.2, 0) is 9.59 Å². The Labute approximate surface area is 129 Å². The summed E-state index contributed by atoms with van der Waals surface area (Å²) in [7, 11) is 0. The summed E-state index contributed by atoms with van der Waals surface area (Å²) in [6, 6.07) is 5.07. The largest absolute Gasteiger partial charge is 0.454 e. The third-order valence-corrected chi connectivity index (χ3v) is 3.98. The minimum Gasteiger partial charge on any atom is -0.454 e. The van der Waals surface area contributed by atoms with Gasteiger partial charge < -0.3 is 19.7 Å². The van der Waals surface area contributed by atoms with Gasteiger partial charge >= 0.3 is 11.8 Å². The highest BCUT2D eigenvalue weighted by Gasteiger charge is 2.29. The van der Waals surface area contributed by atoms with E-state index in [0.29, 0.717) is 42.1 Å². The van der Waals surface area contributed by atoms with Gasteiger partial charge in [0.05, 0.1) is 0 Å². The van der Waals surface area contributed by atoms with Crippen LogP contribution in [0.5, 0.6) is 11.5 Å². The molecule has 2 unspecified atom stereocenters. The van der Waals surface area contributed by atoms with Crippen molar-refractivity contribution in [2.45, 2.75) is 20.3 Å². The van der Waals surface area contributed by atoms with Crippen molar-refractivity contribution in [2.24, 2.45) is 11.8 Å². The number of benzene rings is 1. The first-order chi connectivity index (χ1) is 10.5. The Hall–Kier alpha value is -2.24. The molecule has 1 aromatic carbocycles. The number of hydrogen-bond donors (Lipinski definition) is 1. The van der Waals surface area contributed by atoms with Crippen molar-refractivity contribution in [3.8, 4) is 11.5 Å². The number of carbonyl (C=O) groups is 2. The number of nitrogens with zero attached hydrogens (tertiary/aromatic N) is 1. The molecule has 1 fully saturated rings. The third-order valence-electron chi connectivity index (χ3n) is 3.98. The SMILES string of the molecule is CC1CC(C)CN(C(=O)C(=O)Nc2ccc3c(c2)OCO3)C1. The summed E-state index contributed by atoms with van der Waals surface area (Å²) in [5.41, 5.74) is 0.528. The summed E-state index contributed by atoms with van der Waals surface area (Å²) in [5.74, 6) is 0.974. The zero-order valence-electron chi connectivity index (χ0n) is 12.8. The molecule has 2 aliphatic heterocycles. The monoisotopic (exact) mass is 304 g/mol. The van der Waals surface area contributed by atoms with Crippen molar-refractivity contribution < 1.29 is 19.1 Å². The molecule has 2 amide bonds. The molecular weight excluding hydrogens is 284 g/mol. The van der Waals surface area contributed by atoms with E-state index >= 15 is 0 Å². The van der Waals surface area contributed by atoms with Crippen LogP contribution in [0.2, 0.25) is 0 Å². The van der Waals surface area contributed by atoms with Gasteiger partial charge in [0.1, 0.15) is 0 Å². The highest BCUT2D eigenvalue weighted by Crippen LogP contribution is 2.34. The molecule has 0 saturated carbocycles. The van der Waals surface area contributed by atoms with Gasteiger partial charge in [0.2, 0.25) is 6.79 Å². The molecule has 22 heavy (non-hydrogen) atoms. The summed E-state index contributed by atoms with van der Waals surface area (Å²) < 4.78 is 10.5. The second kappa shape index (κ2) is 5.87. The van der Waals surface area contributed by atoms with Gasteiger partial charge in [-0.15, -0.1) is 0 Å². The average Bonchev–Trinajstić information content (AvgIpc) is 2.93. The maximum absolute atomic E-state index is 12.3. The maximum atomic E-state index is 12.3. The number of likely N-dealkylation sites (tertiary alicyclic amines) is 1. The summed E-state index contributed by atoms with van der Waals surface area (Å²) in [4.78, 5) is 26.1. The van der Waals surface area contributed by atoms with Crippen molar-refractivity contribution in [3.05, 3.63) is 18.2 Å². The maximum Gasteiger partial charge on any atom is 0.313 e. The number of nitrogens with one attached hydrogen (secondary N) is 1. The number of piperidine rings is 1. The fourth-order valence-electron chi connectivity index (χ4n) is 3.13. The molecule has 2 aliphatic rings. The third kappa shape index (κ3) is 3.00. The minimum atomic E-state index is -0.611. The molecule has 0 aromatic heterocycles. The van der Waals surface area contributed by atoms with Crippen LogP contribution in [0.25, 0.3) is 0 Å². The van der Waals surface area contributed by atoms with Gasteiger partial charge in [-0.05, 0) is 30.4 Å². The molecule has 6 nitrogen and oxygen atoms in total. The molecular formula is C16H20N2O4. The molecule has 118 valence electrons. The van der Waals surface area contributed by atoms with Crippen LogP contribution in [0.1, 0.15) is 20.3 Å². The van der Waals surface area contributed by atoms with Crippen molar-refractivity contribution in [1.29, 1.82) is 0 Å². The first-order valence-electron chi connectivity index (χ1n) is 7.53. The van der Waals surface area contributed by atoms with Gasteiger partial charge in [0.25, 0.3) is 0 Å². The normalized spacial score (nSPS) is 23.3. The number of anilines is 1. The first kappa shape index (κ1) is 14.7. The topological polar surface area (TPSA) is 67.9 Å². The van der Waals surface area contributed by atoms with E-state index in [1.807, 2.05) is 0 Å². The van der Waals surface area contributed by atoms with Crippen LogP contribution < -0.4 is 14.8 Å². The second-order valence-corrected chi connectivity index (χ2v) is 6.18. The van der Waals surface area contributed by atoms with E-state index in [4.69, 9.17) is 9.47 Å². The standard InChI is InChI=1S/C16H20N2O4/c1-10-5-11(2)8-18(7-10)16(20)15(19)17-12-3-4-13-14(6-12)22-9-21-13/h3-4,6,10-11H,5,7-9H2,1-2H3,(H,17,19). The number of hydrogen-bond acceptors (Lipinski definition) is 4. The van der Waals surface area contributed by atoms with E-state index in [2.05, 4.69) is 19.2 Å². The number of carbonyl (C=O) groups excluding carboxylic acids is 2. The zero-order chi connectivity index (χ0) is 15.7. The van der Waals surface area contributed by atoms with Crippen LogP contribution in [0.4, 0.5) is 5.69 Å². The van der Waals surface area contributed by atoms with Crippen molar-refractivity contribution in [2.75, 3.05) is 25.2 Å².